The first-order valence-corrected chi connectivity index (χ1v) is 7.65. The highest BCUT2D eigenvalue weighted by Crippen LogP contribution is 2.29. The predicted octanol–water partition coefficient (Wildman–Crippen LogP) is 2.77. The van der Waals surface area contributed by atoms with E-state index >= 15 is 0 Å². The number of hydrogen-bond acceptors (Lipinski definition) is 6. The zero-order chi connectivity index (χ0) is 17.0. The molecule has 3 heterocycles. The Balaban J connectivity index is 1.45. The average molecular weight is 342 g/mol. The molecule has 0 radical (unpaired) electrons. The van der Waals surface area contributed by atoms with Crippen LogP contribution in [0.15, 0.2) is 29.1 Å². The van der Waals surface area contributed by atoms with Gasteiger partial charge in [0.15, 0.2) is 5.82 Å². The van der Waals surface area contributed by atoms with Crippen LogP contribution in [0.2, 0.25) is 0 Å². The first kappa shape index (κ1) is 16.7. The van der Waals surface area contributed by atoms with Gasteiger partial charge < -0.3 is 9.26 Å². The van der Waals surface area contributed by atoms with Crippen molar-refractivity contribution in [3.8, 4) is 5.88 Å². The summed E-state index contributed by atoms with van der Waals surface area (Å²) in [4.78, 5) is 9.71. The minimum Gasteiger partial charge on any atom is -0.477 e. The normalized spacial score (nSPS) is 17.1. The van der Waals surface area contributed by atoms with E-state index in [-0.39, 0.29) is 5.88 Å². The van der Waals surface area contributed by atoms with Gasteiger partial charge in [0.25, 0.3) is 0 Å². The minimum atomic E-state index is -4.46. The Hall–Kier alpha value is -2.16. The Bertz CT molecular complexity index is 640. The van der Waals surface area contributed by atoms with Gasteiger partial charge in [-0.25, -0.2) is 4.98 Å². The Morgan fingerprint density at radius 1 is 1.25 bits per heavy atom. The Morgan fingerprint density at radius 3 is 2.71 bits per heavy atom. The van der Waals surface area contributed by atoms with Crippen LogP contribution in [0.1, 0.15) is 24.4 Å². The SMILES string of the molecule is FC(F)(F)c1cccc(OCC2CCN(Cc3ncon3)CC2)n1. The number of halogens is 3. The molecule has 1 aliphatic rings. The van der Waals surface area contributed by atoms with Gasteiger partial charge in [0.2, 0.25) is 12.3 Å². The van der Waals surface area contributed by atoms with Crippen molar-refractivity contribution in [2.45, 2.75) is 25.6 Å². The minimum absolute atomic E-state index is 0.0130. The number of ether oxygens (including phenoxy) is 1. The fourth-order valence-electron chi connectivity index (χ4n) is 2.63. The van der Waals surface area contributed by atoms with E-state index in [1.54, 1.807) is 0 Å². The molecule has 24 heavy (non-hydrogen) atoms. The molecule has 130 valence electrons. The lowest BCUT2D eigenvalue weighted by Gasteiger charge is -2.30. The molecule has 0 bridgehead atoms. The average Bonchev–Trinajstić information content (AvgIpc) is 3.07. The second-order valence-corrected chi connectivity index (χ2v) is 5.74. The lowest BCUT2D eigenvalue weighted by atomic mass is 9.98. The van der Waals surface area contributed by atoms with Crippen LogP contribution in [-0.4, -0.2) is 39.7 Å². The summed E-state index contributed by atoms with van der Waals surface area (Å²) in [6.45, 7) is 2.72. The summed E-state index contributed by atoms with van der Waals surface area (Å²) < 4.78 is 48.0. The van der Waals surface area contributed by atoms with Gasteiger partial charge in [-0.3, -0.25) is 4.90 Å². The van der Waals surface area contributed by atoms with E-state index in [1.165, 1.54) is 18.5 Å². The van der Waals surface area contributed by atoms with Gasteiger partial charge in [-0.2, -0.15) is 18.2 Å². The van der Waals surface area contributed by atoms with Gasteiger partial charge in [0, 0.05) is 6.07 Å². The van der Waals surface area contributed by atoms with E-state index in [1.807, 2.05) is 0 Å². The fraction of sp³-hybridized carbons (Fsp3) is 0.533. The van der Waals surface area contributed by atoms with Gasteiger partial charge in [0.1, 0.15) is 5.69 Å². The molecule has 0 unspecified atom stereocenters. The molecule has 3 rings (SSSR count). The maximum atomic E-state index is 12.6. The number of hydrogen-bond donors (Lipinski definition) is 0. The van der Waals surface area contributed by atoms with E-state index in [2.05, 4.69) is 20.0 Å². The summed E-state index contributed by atoms with van der Waals surface area (Å²) in [5, 5.41) is 3.78. The van der Waals surface area contributed by atoms with Gasteiger partial charge >= 0.3 is 6.18 Å². The van der Waals surface area contributed by atoms with Gasteiger partial charge in [-0.05, 0) is 37.9 Å². The first-order chi connectivity index (χ1) is 11.5. The second kappa shape index (κ2) is 7.16. The van der Waals surface area contributed by atoms with Crippen molar-refractivity contribution in [3.05, 3.63) is 36.1 Å². The van der Waals surface area contributed by atoms with Crippen molar-refractivity contribution in [3.63, 3.8) is 0 Å². The van der Waals surface area contributed by atoms with Crippen LogP contribution in [0.5, 0.6) is 5.88 Å². The largest absolute Gasteiger partial charge is 0.477 e. The zero-order valence-corrected chi connectivity index (χ0v) is 12.9. The van der Waals surface area contributed by atoms with Crippen LogP contribution in [0.4, 0.5) is 13.2 Å². The molecule has 1 aliphatic heterocycles. The summed E-state index contributed by atoms with van der Waals surface area (Å²) in [6, 6.07) is 3.68. The molecule has 6 nitrogen and oxygen atoms in total. The topological polar surface area (TPSA) is 64.3 Å². The van der Waals surface area contributed by atoms with E-state index in [0.29, 0.717) is 24.9 Å². The summed E-state index contributed by atoms with van der Waals surface area (Å²) in [6.07, 6.45) is -1.36. The highest BCUT2D eigenvalue weighted by atomic mass is 19.4. The fourth-order valence-corrected chi connectivity index (χ4v) is 2.63. The van der Waals surface area contributed by atoms with Crippen molar-refractivity contribution in [1.29, 1.82) is 0 Å². The number of nitrogens with zero attached hydrogens (tertiary/aromatic N) is 4. The second-order valence-electron chi connectivity index (χ2n) is 5.74. The van der Waals surface area contributed by atoms with Crippen molar-refractivity contribution in [2.24, 2.45) is 5.92 Å². The molecule has 0 spiro atoms. The van der Waals surface area contributed by atoms with Crippen molar-refractivity contribution >= 4 is 0 Å². The van der Waals surface area contributed by atoms with Gasteiger partial charge in [-0.15, -0.1) is 0 Å². The third-order valence-electron chi connectivity index (χ3n) is 3.96. The Morgan fingerprint density at radius 2 is 2.04 bits per heavy atom. The molecule has 1 saturated heterocycles. The van der Waals surface area contributed by atoms with Crippen molar-refractivity contribution in [2.75, 3.05) is 19.7 Å². The van der Waals surface area contributed by atoms with Crippen molar-refractivity contribution < 1.29 is 22.4 Å². The molecular formula is C15H17F3N4O2. The lowest BCUT2D eigenvalue weighted by Crippen LogP contribution is -2.35. The van der Waals surface area contributed by atoms with Crippen LogP contribution in [0.25, 0.3) is 0 Å². The molecule has 2 aromatic heterocycles. The van der Waals surface area contributed by atoms with E-state index < -0.39 is 11.9 Å². The van der Waals surface area contributed by atoms with Crippen LogP contribution in [0, 0.1) is 5.92 Å². The molecular weight excluding hydrogens is 325 g/mol. The third kappa shape index (κ3) is 4.44. The molecule has 0 atom stereocenters. The summed E-state index contributed by atoms with van der Waals surface area (Å²) in [5.41, 5.74) is -0.935. The quantitative estimate of drug-likeness (QED) is 0.833. The smallest absolute Gasteiger partial charge is 0.433 e. The number of likely N-dealkylation sites (tertiary alicyclic amines) is 1. The van der Waals surface area contributed by atoms with Crippen LogP contribution >= 0.6 is 0 Å². The Kier molecular flexibility index (Phi) is 4.98. The molecule has 0 amide bonds. The molecule has 2 aromatic rings. The first-order valence-electron chi connectivity index (χ1n) is 7.65. The summed E-state index contributed by atoms with van der Waals surface area (Å²) in [7, 11) is 0. The number of pyridine rings is 1. The standard InChI is InChI=1S/C15H17F3N4O2/c16-15(17,18)12-2-1-3-14(20-12)23-9-11-4-6-22(7-5-11)8-13-19-10-24-21-13/h1-3,10-11H,4-9H2. The van der Waals surface area contributed by atoms with Gasteiger partial charge in [0.05, 0.1) is 13.2 Å². The highest BCUT2D eigenvalue weighted by Gasteiger charge is 2.32. The predicted molar refractivity (Wildman–Crippen MR) is 77.0 cm³/mol. The zero-order valence-electron chi connectivity index (χ0n) is 12.9. The van der Waals surface area contributed by atoms with Crippen molar-refractivity contribution in [1.82, 2.24) is 20.0 Å². The van der Waals surface area contributed by atoms with Crippen LogP contribution in [0.3, 0.4) is 0 Å². The monoisotopic (exact) mass is 342 g/mol. The number of rotatable bonds is 5. The molecule has 0 aromatic carbocycles. The van der Waals surface area contributed by atoms with Gasteiger partial charge in [-0.1, -0.05) is 11.2 Å². The maximum absolute atomic E-state index is 12.6. The molecule has 9 heteroatoms. The third-order valence-corrected chi connectivity index (χ3v) is 3.96. The van der Waals surface area contributed by atoms with E-state index in [4.69, 9.17) is 9.26 Å². The number of alkyl halides is 3. The van der Waals surface area contributed by atoms with Crippen LogP contribution < -0.4 is 4.74 Å². The molecule has 0 aliphatic carbocycles. The lowest BCUT2D eigenvalue weighted by molar-refractivity contribution is -0.141. The van der Waals surface area contributed by atoms with E-state index in [9.17, 15) is 13.2 Å². The van der Waals surface area contributed by atoms with E-state index in [0.717, 1.165) is 32.0 Å². The molecule has 1 fully saturated rings. The Labute approximate surface area is 136 Å². The molecule has 0 N–H and O–H groups in total. The number of aromatic nitrogens is 3. The maximum Gasteiger partial charge on any atom is 0.433 e. The summed E-state index contributed by atoms with van der Waals surface area (Å²) >= 11 is 0. The highest BCUT2D eigenvalue weighted by molar-refractivity contribution is 5.17. The number of piperidine rings is 1. The van der Waals surface area contributed by atoms with Crippen LogP contribution in [-0.2, 0) is 12.7 Å². The molecule has 0 saturated carbocycles. The summed E-state index contributed by atoms with van der Waals surface area (Å²) in [5.74, 6) is 0.958.